The van der Waals surface area contributed by atoms with E-state index in [1.165, 1.54) is 87.1 Å². The number of nitrogens with zero attached hydrogens (tertiary/aromatic N) is 1. The first-order chi connectivity index (χ1) is 30.8. The quantitative estimate of drug-likeness (QED) is 0.159. The molecule has 0 saturated carbocycles. The molecule has 2 aromatic heterocycles. The van der Waals surface area contributed by atoms with Crippen LogP contribution in [0.15, 0.2) is 229 Å². The van der Waals surface area contributed by atoms with E-state index in [0.717, 1.165) is 39.1 Å². The van der Waals surface area contributed by atoms with E-state index in [2.05, 4.69) is 223 Å². The molecular weight excluding hydrogens is 751 g/mol. The van der Waals surface area contributed by atoms with Crippen LogP contribution in [0.2, 0.25) is 0 Å². The average molecular weight is 788 g/mol. The summed E-state index contributed by atoms with van der Waals surface area (Å²) in [7, 11) is 0. The molecule has 0 bridgehead atoms. The molecule has 2 heteroatoms. The van der Waals surface area contributed by atoms with Gasteiger partial charge in [0, 0.05) is 33.0 Å². The molecule has 62 heavy (non-hydrogen) atoms. The molecule has 0 N–H and O–H groups in total. The van der Waals surface area contributed by atoms with Gasteiger partial charge in [0.25, 0.3) is 0 Å². The van der Waals surface area contributed by atoms with E-state index in [0.29, 0.717) is 0 Å². The summed E-state index contributed by atoms with van der Waals surface area (Å²) >= 11 is 0. The zero-order valence-electron chi connectivity index (χ0n) is 33.7. The van der Waals surface area contributed by atoms with Crippen molar-refractivity contribution in [2.24, 2.45) is 0 Å². The van der Waals surface area contributed by atoms with Crippen LogP contribution in [-0.2, 0) is 0 Å². The SMILES string of the molecule is c1ccc(-c2cc3c(o2)c(-c2cc(-c4c5ccccc5c(-c5cccc6c5c5ccccc5n6-c5ccccc5)c5ccccc45)c4ccccc4c2)cc2ccccc23)cc1. The summed E-state index contributed by atoms with van der Waals surface area (Å²) in [6.45, 7) is 0. The molecule has 0 saturated heterocycles. The Bertz CT molecular complexity index is 3850. The van der Waals surface area contributed by atoms with Crippen LogP contribution >= 0.6 is 0 Å². The zero-order chi connectivity index (χ0) is 40.7. The molecule has 13 aromatic rings. The van der Waals surface area contributed by atoms with Crippen LogP contribution in [0.4, 0.5) is 0 Å². The van der Waals surface area contributed by atoms with Gasteiger partial charge in [-0.2, -0.15) is 0 Å². The average Bonchev–Trinajstić information content (AvgIpc) is 3.94. The Balaban J connectivity index is 1.12. The van der Waals surface area contributed by atoms with Crippen LogP contribution in [0.5, 0.6) is 0 Å². The third-order valence-corrected chi connectivity index (χ3v) is 12.9. The summed E-state index contributed by atoms with van der Waals surface area (Å²) in [5.41, 5.74) is 12.6. The zero-order valence-corrected chi connectivity index (χ0v) is 33.7. The van der Waals surface area contributed by atoms with Crippen LogP contribution < -0.4 is 0 Å². The molecule has 0 aliphatic rings. The van der Waals surface area contributed by atoms with Gasteiger partial charge in [-0.3, -0.25) is 0 Å². The fourth-order valence-electron chi connectivity index (χ4n) is 10.3. The van der Waals surface area contributed by atoms with Crippen molar-refractivity contribution in [1.29, 1.82) is 0 Å². The minimum absolute atomic E-state index is 0.869. The lowest BCUT2D eigenvalue weighted by Gasteiger charge is -2.20. The number of hydrogen-bond donors (Lipinski definition) is 0. The predicted molar refractivity (Wildman–Crippen MR) is 262 cm³/mol. The molecular formula is C60H37NO. The van der Waals surface area contributed by atoms with Crippen molar-refractivity contribution < 1.29 is 4.42 Å². The summed E-state index contributed by atoms with van der Waals surface area (Å²) in [5, 5.41) is 13.3. The minimum atomic E-state index is 0.869. The maximum atomic E-state index is 6.90. The Morgan fingerprint density at radius 1 is 0.306 bits per heavy atom. The lowest BCUT2D eigenvalue weighted by molar-refractivity contribution is 0.633. The van der Waals surface area contributed by atoms with Gasteiger partial charge in [0.15, 0.2) is 0 Å². The van der Waals surface area contributed by atoms with Gasteiger partial charge in [-0.1, -0.05) is 176 Å². The van der Waals surface area contributed by atoms with Gasteiger partial charge >= 0.3 is 0 Å². The highest BCUT2D eigenvalue weighted by Crippen LogP contribution is 2.50. The molecule has 288 valence electrons. The van der Waals surface area contributed by atoms with Crippen molar-refractivity contribution in [3.63, 3.8) is 0 Å². The van der Waals surface area contributed by atoms with Crippen molar-refractivity contribution in [3.05, 3.63) is 224 Å². The Hall–Kier alpha value is -8.20. The van der Waals surface area contributed by atoms with Gasteiger partial charge in [-0.15, -0.1) is 0 Å². The molecule has 0 fully saturated rings. The van der Waals surface area contributed by atoms with Crippen LogP contribution in [0.25, 0.3) is 126 Å². The first kappa shape index (κ1) is 34.6. The summed E-state index contributed by atoms with van der Waals surface area (Å²) in [5.74, 6) is 0.869. The Morgan fingerprint density at radius 2 is 0.839 bits per heavy atom. The molecule has 0 amide bonds. The van der Waals surface area contributed by atoms with E-state index in [9.17, 15) is 0 Å². The van der Waals surface area contributed by atoms with E-state index < -0.39 is 0 Å². The number of aromatic nitrogens is 1. The molecule has 0 unspecified atom stereocenters. The Labute approximate surface area is 358 Å². The normalized spacial score (nSPS) is 11.9. The molecule has 0 aliphatic carbocycles. The van der Waals surface area contributed by atoms with Crippen LogP contribution in [0, 0.1) is 0 Å². The van der Waals surface area contributed by atoms with Gasteiger partial charge in [0.1, 0.15) is 11.3 Å². The van der Waals surface area contributed by atoms with Gasteiger partial charge in [0.05, 0.1) is 11.0 Å². The van der Waals surface area contributed by atoms with Gasteiger partial charge in [-0.05, 0) is 119 Å². The van der Waals surface area contributed by atoms with Gasteiger partial charge in [0.2, 0.25) is 0 Å². The molecule has 2 nitrogen and oxygen atoms in total. The molecule has 11 aromatic carbocycles. The maximum absolute atomic E-state index is 6.90. The monoisotopic (exact) mass is 787 g/mol. The highest BCUT2D eigenvalue weighted by atomic mass is 16.3. The Morgan fingerprint density at radius 3 is 1.53 bits per heavy atom. The molecule has 0 atom stereocenters. The van der Waals surface area contributed by atoms with E-state index >= 15 is 0 Å². The van der Waals surface area contributed by atoms with Crippen molar-refractivity contribution in [2.45, 2.75) is 0 Å². The van der Waals surface area contributed by atoms with Crippen molar-refractivity contribution in [3.8, 4) is 50.4 Å². The number of para-hydroxylation sites is 2. The second-order valence-corrected chi connectivity index (χ2v) is 16.3. The Kier molecular flexibility index (Phi) is 7.64. The lowest BCUT2D eigenvalue weighted by Crippen LogP contribution is -1.94. The largest absolute Gasteiger partial charge is 0.455 e. The van der Waals surface area contributed by atoms with Crippen molar-refractivity contribution in [2.75, 3.05) is 0 Å². The van der Waals surface area contributed by atoms with E-state index in [-0.39, 0.29) is 0 Å². The number of hydrogen-bond acceptors (Lipinski definition) is 1. The van der Waals surface area contributed by atoms with Crippen LogP contribution in [-0.4, -0.2) is 4.57 Å². The van der Waals surface area contributed by atoms with Gasteiger partial charge < -0.3 is 8.98 Å². The van der Waals surface area contributed by atoms with Gasteiger partial charge in [-0.25, -0.2) is 0 Å². The molecule has 0 spiro atoms. The molecule has 13 rings (SSSR count). The highest BCUT2D eigenvalue weighted by Gasteiger charge is 2.23. The second kappa shape index (κ2) is 13.7. The summed E-state index contributed by atoms with van der Waals surface area (Å²) in [6, 6.07) is 81.7. The summed E-state index contributed by atoms with van der Waals surface area (Å²) in [6.07, 6.45) is 0. The smallest absolute Gasteiger partial charge is 0.143 e. The number of benzene rings is 11. The molecule has 0 radical (unpaired) electrons. The standard InChI is InChI=1S/C60H37NO/c1-3-18-38(19-4-1)56-37-53-44-25-10-8-21-40(44)35-51(60(53)62-56)41-34-39-20-7-9-24-43(39)52(36-41)58-47-28-13-11-26-45(47)57(46-27-12-14-29-48(46)58)50-31-17-33-55-59(50)49-30-15-16-32-54(49)61(55)42-22-5-2-6-23-42/h1-37H. The topological polar surface area (TPSA) is 18.1 Å². The van der Waals surface area contributed by atoms with E-state index in [4.69, 9.17) is 4.42 Å². The van der Waals surface area contributed by atoms with E-state index in [1.807, 2.05) is 6.07 Å². The third-order valence-electron chi connectivity index (χ3n) is 12.9. The summed E-state index contributed by atoms with van der Waals surface area (Å²) in [4.78, 5) is 0. The number of rotatable bonds is 5. The maximum Gasteiger partial charge on any atom is 0.143 e. The van der Waals surface area contributed by atoms with Crippen LogP contribution in [0.1, 0.15) is 0 Å². The number of furan rings is 1. The fraction of sp³-hybridized carbons (Fsp3) is 0. The van der Waals surface area contributed by atoms with Crippen molar-refractivity contribution in [1.82, 2.24) is 4.57 Å². The minimum Gasteiger partial charge on any atom is -0.455 e. The first-order valence-electron chi connectivity index (χ1n) is 21.3. The molecule has 2 heterocycles. The summed E-state index contributed by atoms with van der Waals surface area (Å²) < 4.78 is 9.32. The van der Waals surface area contributed by atoms with Crippen molar-refractivity contribution >= 4 is 75.9 Å². The third kappa shape index (κ3) is 5.17. The predicted octanol–water partition coefficient (Wildman–Crippen LogP) is 16.8. The van der Waals surface area contributed by atoms with E-state index in [1.54, 1.807) is 0 Å². The second-order valence-electron chi connectivity index (χ2n) is 16.3. The molecule has 0 aliphatic heterocycles. The number of fused-ring (bicyclic) bond motifs is 9. The highest BCUT2D eigenvalue weighted by molar-refractivity contribution is 6.28. The first-order valence-corrected chi connectivity index (χ1v) is 21.3. The lowest BCUT2D eigenvalue weighted by atomic mass is 9.83. The van der Waals surface area contributed by atoms with Crippen LogP contribution in [0.3, 0.4) is 0 Å². The fourth-order valence-corrected chi connectivity index (χ4v) is 10.3.